The lowest BCUT2D eigenvalue weighted by Crippen LogP contribution is -2.26. The molecule has 1 aliphatic heterocycles. The summed E-state index contributed by atoms with van der Waals surface area (Å²) < 4.78 is 10.3. The highest BCUT2D eigenvalue weighted by Gasteiger charge is 2.32. The van der Waals surface area contributed by atoms with Crippen molar-refractivity contribution in [3.63, 3.8) is 0 Å². The van der Waals surface area contributed by atoms with Crippen molar-refractivity contribution in [3.05, 3.63) is 23.8 Å². The van der Waals surface area contributed by atoms with E-state index in [2.05, 4.69) is 15.5 Å². The second-order valence-electron chi connectivity index (χ2n) is 5.08. The smallest absolute Gasteiger partial charge is 0.311 e. The zero-order chi connectivity index (χ0) is 19.1. The Hall–Kier alpha value is -2.88. The fourth-order valence-electron chi connectivity index (χ4n) is 1.94. The summed E-state index contributed by atoms with van der Waals surface area (Å²) in [7, 11) is 1.45. The molecule has 0 bridgehead atoms. The maximum absolute atomic E-state index is 11.6. The molecular formula is C16H17N3O6S. The molecule has 138 valence electrons. The molecule has 0 saturated carbocycles. The molecule has 1 aromatic carbocycles. The van der Waals surface area contributed by atoms with Crippen LogP contribution in [0.25, 0.3) is 0 Å². The van der Waals surface area contributed by atoms with Gasteiger partial charge in [0.1, 0.15) is 5.25 Å². The van der Waals surface area contributed by atoms with Crippen molar-refractivity contribution in [1.82, 2.24) is 5.32 Å². The van der Waals surface area contributed by atoms with Gasteiger partial charge in [-0.15, -0.1) is 5.10 Å². The molecule has 1 unspecified atom stereocenters. The Bertz CT molecular complexity index is 777. The quantitative estimate of drug-likeness (QED) is 0.317. The van der Waals surface area contributed by atoms with E-state index in [1.165, 1.54) is 13.3 Å². The number of thioether (sulfide) groups is 1. The Morgan fingerprint density at radius 3 is 2.81 bits per heavy atom. The predicted molar refractivity (Wildman–Crippen MR) is 95.7 cm³/mol. The number of amidine groups is 1. The molecule has 0 aromatic heterocycles. The summed E-state index contributed by atoms with van der Waals surface area (Å²) in [6, 6.07) is 4.86. The third-order valence-corrected chi connectivity index (χ3v) is 4.26. The standard InChI is InChI=1S/C16H17N3O6S/c1-3-14(22)25-10-5-4-9(6-11(10)24-2)8-17-19-16-18-15(23)12(26-16)7-13(20)21/h4-6,8,12H,3,7H2,1-2H3,(H,20,21)(H,18,19,23). The van der Waals surface area contributed by atoms with Crippen LogP contribution < -0.4 is 14.8 Å². The molecule has 1 heterocycles. The maximum Gasteiger partial charge on any atom is 0.311 e. The van der Waals surface area contributed by atoms with Crippen molar-refractivity contribution in [1.29, 1.82) is 0 Å². The number of carboxylic acid groups (broad SMARTS) is 1. The zero-order valence-corrected chi connectivity index (χ0v) is 14.9. The van der Waals surface area contributed by atoms with Crippen LogP contribution >= 0.6 is 11.8 Å². The molecule has 0 aliphatic carbocycles. The largest absolute Gasteiger partial charge is 0.493 e. The van der Waals surface area contributed by atoms with Crippen molar-refractivity contribution in [2.24, 2.45) is 10.2 Å². The third kappa shape index (κ3) is 5.31. The van der Waals surface area contributed by atoms with E-state index in [1.54, 1.807) is 25.1 Å². The van der Waals surface area contributed by atoms with Gasteiger partial charge < -0.3 is 19.9 Å². The fraction of sp³-hybridized carbons (Fsp3) is 0.312. The van der Waals surface area contributed by atoms with E-state index < -0.39 is 17.1 Å². The Kier molecular flexibility index (Phi) is 6.73. The molecule has 0 radical (unpaired) electrons. The Labute approximate surface area is 153 Å². The molecule has 2 N–H and O–H groups in total. The van der Waals surface area contributed by atoms with Crippen molar-refractivity contribution in [3.8, 4) is 11.5 Å². The lowest BCUT2D eigenvalue weighted by Gasteiger charge is -2.08. The molecule has 10 heteroatoms. The van der Waals surface area contributed by atoms with Gasteiger partial charge in [-0.05, 0) is 23.8 Å². The van der Waals surface area contributed by atoms with Gasteiger partial charge in [0.25, 0.3) is 0 Å². The molecule has 1 aromatic rings. The molecule has 1 saturated heterocycles. The number of carbonyl (C=O) groups is 3. The van der Waals surface area contributed by atoms with Gasteiger partial charge in [0.15, 0.2) is 16.7 Å². The number of benzene rings is 1. The number of carboxylic acids is 1. The first kappa shape index (κ1) is 19.4. The van der Waals surface area contributed by atoms with E-state index in [0.717, 1.165) is 11.8 Å². The number of rotatable bonds is 7. The number of hydrogen-bond donors (Lipinski definition) is 2. The molecular weight excluding hydrogens is 362 g/mol. The fourth-order valence-corrected chi connectivity index (χ4v) is 2.85. The number of aliphatic carboxylic acids is 1. The summed E-state index contributed by atoms with van der Waals surface area (Å²) in [5, 5.41) is 18.5. The number of nitrogens with zero attached hydrogens (tertiary/aromatic N) is 2. The number of methoxy groups -OCH3 is 1. The summed E-state index contributed by atoms with van der Waals surface area (Å²) in [5.41, 5.74) is 0.638. The summed E-state index contributed by atoms with van der Waals surface area (Å²) in [5.74, 6) is -1.17. The highest BCUT2D eigenvalue weighted by atomic mass is 32.2. The number of carbonyl (C=O) groups excluding carboxylic acids is 2. The number of ether oxygens (including phenoxy) is 2. The average Bonchev–Trinajstić information content (AvgIpc) is 2.94. The Balaban J connectivity index is 2.05. The van der Waals surface area contributed by atoms with Gasteiger partial charge in [-0.1, -0.05) is 18.7 Å². The number of esters is 1. The van der Waals surface area contributed by atoms with E-state index in [4.69, 9.17) is 14.6 Å². The van der Waals surface area contributed by atoms with E-state index in [-0.39, 0.29) is 24.0 Å². The first-order valence-electron chi connectivity index (χ1n) is 7.62. The summed E-state index contributed by atoms with van der Waals surface area (Å²) in [6.07, 6.45) is 1.39. The van der Waals surface area contributed by atoms with Crippen LogP contribution in [0.2, 0.25) is 0 Å². The van der Waals surface area contributed by atoms with Crippen LogP contribution in [0.15, 0.2) is 28.4 Å². The SMILES string of the molecule is CCC(=O)Oc1ccc(C=NN=C2NC(=O)C(CC(=O)O)S2)cc1OC. The zero-order valence-electron chi connectivity index (χ0n) is 14.1. The van der Waals surface area contributed by atoms with Crippen LogP contribution in [0.5, 0.6) is 11.5 Å². The molecule has 1 atom stereocenters. The van der Waals surface area contributed by atoms with Gasteiger partial charge in [-0.2, -0.15) is 5.10 Å². The van der Waals surface area contributed by atoms with Gasteiger partial charge in [-0.3, -0.25) is 14.4 Å². The van der Waals surface area contributed by atoms with Gasteiger partial charge >= 0.3 is 11.9 Å². The minimum Gasteiger partial charge on any atom is -0.493 e. The van der Waals surface area contributed by atoms with Crippen LogP contribution in [0.4, 0.5) is 0 Å². The van der Waals surface area contributed by atoms with Crippen LogP contribution in [0, 0.1) is 0 Å². The molecule has 2 rings (SSSR count). The molecule has 1 fully saturated rings. The predicted octanol–water partition coefficient (Wildman–Crippen LogP) is 1.41. The molecule has 26 heavy (non-hydrogen) atoms. The van der Waals surface area contributed by atoms with Crippen molar-refractivity contribution >= 4 is 41.0 Å². The average molecular weight is 379 g/mol. The van der Waals surface area contributed by atoms with Crippen LogP contribution in [0.1, 0.15) is 25.3 Å². The summed E-state index contributed by atoms with van der Waals surface area (Å²) >= 11 is 1.01. The first-order valence-corrected chi connectivity index (χ1v) is 8.50. The molecule has 9 nitrogen and oxygen atoms in total. The monoisotopic (exact) mass is 379 g/mol. The van der Waals surface area contributed by atoms with E-state index in [1.807, 2.05) is 0 Å². The molecule has 0 spiro atoms. The van der Waals surface area contributed by atoms with Crippen molar-refractivity contribution in [2.45, 2.75) is 25.0 Å². The van der Waals surface area contributed by atoms with Crippen molar-refractivity contribution < 1.29 is 29.0 Å². The van der Waals surface area contributed by atoms with E-state index in [9.17, 15) is 14.4 Å². The van der Waals surface area contributed by atoms with Crippen molar-refractivity contribution in [2.75, 3.05) is 7.11 Å². The molecule has 1 amide bonds. The van der Waals surface area contributed by atoms with Gasteiger partial charge in [0.05, 0.1) is 19.7 Å². The summed E-state index contributed by atoms with van der Waals surface area (Å²) in [4.78, 5) is 33.7. The second-order valence-corrected chi connectivity index (χ2v) is 6.27. The molecule has 1 aliphatic rings. The van der Waals surface area contributed by atoms with Gasteiger partial charge in [-0.25, -0.2) is 0 Å². The Morgan fingerprint density at radius 1 is 1.38 bits per heavy atom. The van der Waals surface area contributed by atoms with E-state index >= 15 is 0 Å². The minimum absolute atomic E-state index is 0.234. The lowest BCUT2D eigenvalue weighted by atomic mass is 10.2. The van der Waals surface area contributed by atoms with Crippen LogP contribution in [-0.2, 0) is 14.4 Å². The van der Waals surface area contributed by atoms with E-state index in [0.29, 0.717) is 17.1 Å². The lowest BCUT2D eigenvalue weighted by molar-refractivity contribution is -0.138. The first-order chi connectivity index (χ1) is 12.4. The van der Waals surface area contributed by atoms with Gasteiger partial charge in [0, 0.05) is 6.42 Å². The summed E-state index contributed by atoms with van der Waals surface area (Å²) in [6.45, 7) is 1.69. The second kappa shape index (κ2) is 8.99. The Morgan fingerprint density at radius 2 is 2.15 bits per heavy atom. The normalized spacial score (nSPS) is 18.2. The topological polar surface area (TPSA) is 127 Å². The highest BCUT2D eigenvalue weighted by molar-refractivity contribution is 8.15. The van der Waals surface area contributed by atoms with Crippen LogP contribution in [-0.4, -0.2) is 46.7 Å². The maximum atomic E-state index is 11.6. The number of nitrogens with one attached hydrogen (secondary N) is 1. The highest BCUT2D eigenvalue weighted by Crippen LogP contribution is 2.28. The minimum atomic E-state index is -1.06. The number of hydrogen-bond acceptors (Lipinski definition) is 8. The number of amides is 1. The van der Waals surface area contributed by atoms with Gasteiger partial charge in [0.2, 0.25) is 5.91 Å². The van der Waals surface area contributed by atoms with Crippen LogP contribution in [0.3, 0.4) is 0 Å². The third-order valence-electron chi connectivity index (χ3n) is 3.19.